The van der Waals surface area contributed by atoms with Gasteiger partial charge >= 0.3 is 0 Å². The lowest BCUT2D eigenvalue weighted by atomic mass is 9.96. The van der Waals surface area contributed by atoms with Gasteiger partial charge < -0.3 is 5.32 Å². The summed E-state index contributed by atoms with van der Waals surface area (Å²) in [6, 6.07) is 3.42. The second-order valence-corrected chi connectivity index (χ2v) is 5.30. The summed E-state index contributed by atoms with van der Waals surface area (Å²) in [5.74, 6) is -0.283. The molecule has 3 heteroatoms. The summed E-state index contributed by atoms with van der Waals surface area (Å²) in [6.45, 7) is 9.58. The van der Waals surface area contributed by atoms with Gasteiger partial charge in [0.2, 0.25) is 0 Å². The number of nitrogens with one attached hydrogen (secondary N) is 1. The Hall–Kier alpha value is -0.960. The summed E-state index contributed by atoms with van der Waals surface area (Å²) >= 11 is 0. The van der Waals surface area contributed by atoms with Gasteiger partial charge in [0.15, 0.2) is 0 Å². The monoisotopic (exact) mass is 224 g/mol. The third-order valence-corrected chi connectivity index (χ3v) is 2.39. The van der Waals surface area contributed by atoms with E-state index in [0.29, 0.717) is 0 Å². The molecule has 0 saturated heterocycles. The molecular weight excluding hydrogens is 203 g/mol. The molecular formula is C13H21FN2. The highest BCUT2D eigenvalue weighted by Gasteiger charge is 2.15. The van der Waals surface area contributed by atoms with Gasteiger partial charge in [-0.3, -0.25) is 4.98 Å². The molecule has 1 atom stereocenters. The lowest BCUT2D eigenvalue weighted by molar-refractivity contribution is 0.346. The highest BCUT2D eigenvalue weighted by Crippen LogP contribution is 2.17. The summed E-state index contributed by atoms with van der Waals surface area (Å²) in [6.07, 6.45) is 2.23. The van der Waals surface area contributed by atoms with Crippen molar-refractivity contribution in [2.24, 2.45) is 5.41 Å². The van der Waals surface area contributed by atoms with E-state index in [4.69, 9.17) is 0 Å². The van der Waals surface area contributed by atoms with Crippen LogP contribution in [0.4, 0.5) is 4.39 Å². The molecule has 1 unspecified atom stereocenters. The summed E-state index contributed by atoms with van der Waals surface area (Å²) in [5, 5.41) is 3.46. The van der Waals surface area contributed by atoms with E-state index in [0.717, 1.165) is 18.7 Å². The standard InChI is InChI=1S/C13H21FN2/c1-5-11(16-9-13(2,3)4)12-7-6-10(14)8-15-12/h6-8,11,16H,5,9H2,1-4H3. The zero-order chi connectivity index (χ0) is 12.2. The van der Waals surface area contributed by atoms with Crippen molar-refractivity contribution >= 4 is 0 Å². The summed E-state index contributed by atoms with van der Waals surface area (Å²) in [5.41, 5.74) is 1.15. The maximum absolute atomic E-state index is 12.7. The first-order valence-electron chi connectivity index (χ1n) is 5.77. The van der Waals surface area contributed by atoms with Crippen LogP contribution in [0.3, 0.4) is 0 Å². The van der Waals surface area contributed by atoms with Crippen LogP contribution in [-0.4, -0.2) is 11.5 Å². The molecule has 0 radical (unpaired) electrons. The van der Waals surface area contributed by atoms with Crippen LogP contribution in [0.15, 0.2) is 18.3 Å². The molecule has 90 valence electrons. The number of pyridine rings is 1. The Morgan fingerprint density at radius 3 is 2.50 bits per heavy atom. The quantitative estimate of drug-likeness (QED) is 0.848. The predicted molar refractivity (Wildman–Crippen MR) is 64.7 cm³/mol. The maximum atomic E-state index is 12.7. The van der Waals surface area contributed by atoms with E-state index in [9.17, 15) is 4.39 Å². The van der Waals surface area contributed by atoms with Gasteiger partial charge in [-0.2, -0.15) is 0 Å². The van der Waals surface area contributed by atoms with E-state index < -0.39 is 0 Å². The van der Waals surface area contributed by atoms with Crippen molar-refractivity contribution in [2.75, 3.05) is 6.54 Å². The maximum Gasteiger partial charge on any atom is 0.141 e. The first kappa shape index (κ1) is 13.1. The molecule has 0 amide bonds. The molecule has 0 aromatic carbocycles. The topological polar surface area (TPSA) is 24.9 Å². The van der Waals surface area contributed by atoms with Crippen LogP contribution in [0.2, 0.25) is 0 Å². The van der Waals surface area contributed by atoms with E-state index >= 15 is 0 Å². The van der Waals surface area contributed by atoms with Crippen LogP contribution < -0.4 is 5.32 Å². The first-order valence-corrected chi connectivity index (χ1v) is 5.77. The smallest absolute Gasteiger partial charge is 0.141 e. The molecule has 1 aromatic heterocycles. The minimum atomic E-state index is -0.283. The largest absolute Gasteiger partial charge is 0.308 e. The molecule has 1 heterocycles. The molecule has 0 saturated carbocycles. The number of aromatic nitrogens is 1. The average molecular weight is 224 g/mol. The van der Waals surface area contributed by atoms with Gasteiger partial charge in [-0.1, -0.05) is 27.7 Å². The molecule has 1 N–H and O–H groups in total. The lowest BCUT2D eigenvalue weighted by Crippen LogP contribution is -2.30. The van der Waals surface area contributed by atoms with Crippen LogP contribution in [0.1, 0.15) is 45.9 Å². The molecule has 2 nitrogen and oxygen atoms in total. The Morgan fingerprint density at radius 2 is 2.06 bits per heavy atom. The van der Waals surface area contributed by atoms with Gasteiger partial charge in [-0.05, 0) is 24.0 Å². The molecule has 0 aliphatic carbocycles. The van der Waals surface area contributed by atoms with Gasteiger partial charge in [0.1, 0.15) is 5.82 Å². The van der Waals surface area contributed by atoms with Crippen molar-refractivity contribution in [1.82, 2.24) is 10.3 Å². The van der Waals surface area contributed by atoms with Crippen LogP contribution >= 0.6 is 0 Å². The second kappa shape index (κ2) is 5.39. The van der Waals surface area contributed by atoms with E-state index in [1.54, 1.807) is 6.07 Å². The van der Waals surface area contributed by atoms with Crippen LogP contribution in [-0.2, 0) is 0 Å². The Morgan fingerprint density at radius 1 is 1.38 bits per heavy atom. The van der Waals surface area contributed by atoms with Crippen LogP contribution in [0.5, 0.6) is 0 Å². The van der Waals surface area contributed by atoms with Crippen molar-refractivity contribution in [3.63, 3.8) is 0 Å². The van der Waals surface area contributed by atoms with Crippen LogP contribution in [0, 0.1) is 11.2 Å². The van der Waals surface area contributed by atoms with Gasteiger partial charge in [0.25, 0.3) is 0 Å². The van der Waals surface area contributed by atoms with Crippen molar-refractivity contribution in [3.05, 3.63) is 29.8 Å². The molecule has 0 bridgehead atoms. The summed E-state index contributed by atoms with van der Waals surface area (Å²) in [4.78, 5) is 4.11. The van der Waals surface area contributed by atoms with Gasteiger partial charge in [-0.25, -0.2) is 4.39 Å². The van der Waals surface area contributed by atoms with E-state index in [2.05, 4.69) is 38.0 Å². The molecule has 0 spiro atoms. The zero-order valence-corrected chi connectivity index (χ0v) is 10.5. The Labute approximate surface area is 97.3 Å². The van der Waals surface area contributed by atoms with Crippen LogP contribution in [0.25, 0.3) is 0 Å². The Balaban J connectivity index is 2.64. The Bertz CT molecular complexity index is 314. The van der Waals surface area contributed by atoms with E-state index in [-0.39, 0.29) is 17.3 Å². The fourth-order valence-corrected chi connectivity index (χ4v) is 1.48. The SMILES string of the molecule is CCC(NCC(C)(C)C)c1ccc(F)cn1. The van der Waals surface area contributed by atoms with Gasteiger partial charge in [0, 0.05) is 12.6 Å². The molecule has 0 fully saturated rings. The number of hydrogen-bond acceptors (Lipinski definition) is 2. The highest BCUT2D eigenvalue weighted by molar-refractivity contribution is 5.09. The molecule has 16 heavy (non-hydrogen) atoms. The number of nitrogens with zero attached hydrogens (tertiary/aromatic N) is 1. The third kappa shape index (κ3) is 4.27. The summed E-state index contributed by atoms with van der Waals surface area (Å²) < 4.78 is 12.7. The Kier molecular flexibility index (Phi) is 4.42. The summed E-state index contributed by atoms with van der Waals surface area (Å²) in [7, 11) is 0. The van der Waals surface area contributed by atoms with Crippen molar-refractivity contribution in [3.8, 4) is 0 Å². The lowest BCUT2D eigenvalue weighted by Gasteiger charge is -2.23. The zero-order valence-electron chi connectivity index (χ0n) is 10.5. The normalized spacial score (nSPS) is 13.8. The molecule has 0 aliphatic heterocycles. The highest BCUT2D eigenvalue weighted by atomic mass is 19.1. The number of hydrogen-bond donors (Lipinski definition) is 1. The second-order valence-electron chi connectivity index (χ2n) is 5.30. The average Bonchev–Trinajstić information content (AvgIpc) is 2.20. The van der Waals surface area contributed by atoms with Gasteiger partial charge in [0.05, 0.1) is 11.9 Å². The predicted octanol–water partition coefficient (Wildman–Crippen LogP) is 3.31. The molecule has 0 aliphatic rings. The fraction of sp³-hybridized carbons (Fsp3) is 0.615. The van der Waals surface area contributed by atoms with Crippen molar-refractivity contribution in [1.29, 1.82) is 0 Å². The third-order valence-electron chi connectivity index (χ3n) is 2.39. The minimum absolute atomic E-state index is 0.208. The molecule has 1 aromatic rings. The first-order chi connectivity index (χ1) is 7.42. The minimum Gasteiger partial charge on any atom is -0.308 e. The fourth-order valence-electron chi connectivity index (χ4n) is 1.48. The van der Waals surface area contributed by atoms with E-state index in [1.807, 2.05) is 0 Å². The number of halogens is 1. The van der Waals surface area contributed by atoms with E-state index in [1.165, 1.54) is 12.3 Å². The number of rotatable bonds is 4. The van der Waals surface area contributed by atoms with Crippen molar-refractivity contribution < 1.29 is 4.39 Å². The molecule has 1 rings (SSSR count). The van der Waals surface area contributed by atoms with Crippen molar-refractivity contribution in [2.45, 2.75) is 40.2 Å². The van der Waals surface area contributed by atoms with Gasteiger partial charge in [-0.15, -0.1) is 0 Å².